The number of nitrogen functional groups attached to an aromatic ring is 1. The summed E-state index contributed by atoms with van der Waals surface area (Å²) in [5, 5.41) is 0. The van der Waals surface area contributed by atoms with E-state index in [-0.39, 0.29) is 5.91 Å². The summed E-state index contributed by atoms with van der Waals surface area (Å²) < 4.78 is 5.66. The number of carbonyl (C=O) groups is 1. The van der Waals surface area contributed by atoms with Crippen molar-refractivity contribution in [2.24, 2.45) is 5.84 Å². The van der Waals surface area contributed by atoms with Crippen LogP contribution in [0.2, 0.25) is 0 Å². The van der Waals surface area contributed by atoms with Crippen molar-refractivity contribution in [3.05, 3.63) is 53.0 Å². The highest BCUT2D eigenvalue weighted by molar-refractivity contribution is 5.94. The van der Waals surface area contributed by atoms with Crippen LogP contribution in [0.25, 0.3) is 0 Å². The lowest BCUT2D eigenvalue weighted by molar-refractivity contribution is 0.0952. The molecule has 2 aromatic rings. The Morgan fingerprint density at radius 2 is 2.10 bits per heavy atom. The SMILES string of the molecule is CCN(Cc1cc(C(=O)NN)c(C)o1)c1cccc(C)c1. The van der Waals surface area contributed by atoms with Gasteiger partial charge in [0, 0.05) is 12.2 Å². The number of aryl methyl sites for hydroxylation is 2. The number of carbonyl (C=O) groups excluding carboxylic acids is 1. The monoisotopic (exact) mass is 287 g/mol. The molecule has 0 unspecified atom stereocenters. The van der Waals surface area contributed by atoms with E-state index in [9.17, 15) is 4.79 Å². The molecule has 5 nitrogen and oxygen atoms in total. The van der Waals surface area contributed by atoms with Crippen molar-refractivity contribution < 1.29 is 9.21 Å². The van der Waals surface area contributed by atoms with Gasteiger partial charge in [0.25, 0.3) is 5.91 Å². The molecule has 0 saturated heterocycles. The van der Waals surface area contributed by atoms with Crippen LogP contribution >= 0.6 is 0 Å². The third-order valence-corrected chi connectivity index (χ3v) is 3.44. The summed E-state index contributed by atoms with van der Waals surface area (Å²) >= 11 is 0. The van der Waals surface area contributed by atoms with E-state index in [1.807, 2.05) is 6.07 Å². The van der Waals surface area contributed by atoms with Gasteiger partial charge in [-0.1, -0.05) is 12.1 Å². The first-order chi connectivity index (χ1) is 10.0. The lowest BCUT2D eigenvalue weighted by atomic mass is 10.2. The molecule has 0 saturated carbocycles. The first-order valence-electron chi connectivity index (χ1n) is 6.97. The Labute approximate surface area is 124 Å². The van der Waals surface area contributed by atoms with Gasteiger partial charge in [-0.2, -0.15) is 0 Å². The van der Waals surface area contributed by atoms with Crippen molar-refractivity contribution in [1.82, 2.24) is 5.43 Å². The highest BCUT2D eigenvalue weighted by atomic mass is 16.3. The number of amides is 1. The van der Waals surface area contributed by atoms with Gasteiger partial charge in [-0.3, -0.25) is 10.2 Å². The zero-order valence-corrected chi connectivity index (χ0v) is 12.6. The maximum Gasteiger partial charge on any atom is 0.268 e. The van der Waals surface area contributed by atoms with Crippen LogP contribution in [-0.4, -0.2) is 12.5 Å². The predicted molar refractivity (Wildman–Crippen MR) is 83.0 cm³/mol. The summed E-state index contributed by atoms with van der Waals surface area (Å²) in [4.78, 5) is 13.8. The molecule has 5 heteroatoms. The molecule has 0 radical (unpaired) electrons. The molecule has 3 N–H and O–H groups in total. The molecular formula is C16H21N3O2. The van der Waals surface area contributed by atoms with E-state index in [1.54, 1.807) is 13.0 Å². The van der Waals surface area contributed by atoms with Gasteiger partial charge in [-0.25, -0.2) is 5.84 Å². The van der Waals surface area contributed by atoms with Gasteiger partial charge in [0.05, 0.1) is 12.1 Å². The maximum atomic E-state index is 11.6. The lowest BCUT2D eigenvalue weighted by Crippen LogP contribution is -2.30. The topological polar surface area (TPSA) is 71.5 Å². The van der Waals surface area contributed by atoms with Crippen molar-refractivity contribution in [1.29, 1.82) is 0 Å². The first-order valence-corrected chi connectivity index (χ1v) is 6.97. The second kappa shape index (κ2) is 6.45. The van der Waals surface area contributed by atoms with Crippen molar-refractivity contribution >= 4 is 11.6 Å². The largest absolute Gasteiger partial charge is 0.464 e. The van der Waals surface area contributed by atoms with Crippen LogP contribution in [0, 0.1) is 13.8 Å². The molecule has 21 heavy (non-hydrogen) atoms. The summed E-state index contributed by atoms with van der Waals surface area (Å²) in [6.45, 7) is 7.38. The minimum absolute atomic E-state index is 0.332. The Balaban J connectivity index is 2.21. The van der Waals surface area contributed by atoms with Crippen LogP contribution in [0.4, 0.5) is 5.69 Å². The van der Waals surface area contributed by atoms with Crippen molar-refractivity contribution in [2.45, 2.75) is 27.3 Å². The van der Waals surface area contributed by atoms with E-state index in [0.717, 1.165) is 18.0 Å². The van der Waals surface area contributed by atoms with E-state index in [4.69, 9.17) is 10.3 Å². The maximum absolute atomic E-state index is 11.6. The predicted octanol–water partition coefficient (Wildman–Crippen LogP) is 2.53. The van der Waals surface area contributed by atoms with E-state index < -0.39 is 0 Å². The molecule has 1 aromatic heterocycles. The standard InChI is InChI=1S/C16H21N3O2/c1-4-19(13-7-5-6-11(2)8-13)10-14-9-15(12(3)21-14)16(20)18-17/h5-9H,4,10,17H2,1-3H3,(H,18,20). The number of nitrogens with one attached hydrogen (secondary N) is 1. The first kappa shape index (κ1) is 15.1. The van der Waals surface area contributed by atoms with Gasteiger partial charge in [0.15, 0.2) is 0 Å². The Morgan fingerprint density at radius 3 is 2.71 bits per heavy atom. The fourth-order valence-corrected chi connectivity index (χ4v) is 2.32. The smallest absolute Gasteiger partial charge is 0.268 e. The molecule has 0 aliphatic heterocycles. The number of anilines is 1. The Morgan fingerprint density at radius 1 is 1.33 bits per heavy atom. The molecule has 1 aromatic carbocycles. The van der Waals surface area contributed by atoms with E-state index >= 15 is 0 Å². The summed E-state index contributed by atoms with van der Waals surface area (Å²) in [7, 11) is 0. The molecule has 0 aliphatic rings. The second-order valence-corrected chi connectivity index (χ2v) is 5.01. The molecule has 0 atom stereocenters. The van der Waals surface area contributed by atoms with Crippen molar-refractivity contribution in [2.75, 3.05) is 11.4 Å². The molecule has 0 fully saturated rings. The zero-order valence-electron chi connectivity index (χ0n) is 12.6. The number of nitrogens with zero attached hydrogens (tertiary/aromatic N) is 1. The normalized spacial score (nSPS) is 10.5. The van der Waals surface area contributed by atoms with E-state index in [0.29, 0.717) is 17.9 Å². The van der Waals surface area contributed by atoms with Gasteiger partial charge in [0.1, 0.15) is 11.5 Å². The number of furan rings is 1. The number of hydrazine groups is 1. The third kappa shape index (κ3) is 3.44. The fraction of sp³-hybridized carbons (Fsp3) is 0.312. The molecule has 0 spiro atoms. The Kier molecular flexibility index (Phi) is 4.65. The molecule has 0 bridgehead atoms. The molecule has 1 heterocycles. The highest BCUT2D eigenvalue weighted by Crippen LogP contribution is 2.21. The van der Waals surface area contributed by atoms with Crippen molar-refractivity contribution in [3.8, 4) is 0 Å². The minimum atomic E-state index is -0.332. The molecule has 1 amide bonds. The van der Waals surface area contributed by atoms with Gasteiger partial charge in [0.2, 0.25) is 0 Å². The van der Waals surface area contributed by atoms with Crippen LogP contribution in [0.15, 0.2) is 34.7 Å². The Hall–Kier alpha value is -2.27. The molecule has 2 rings (SSSR count). The number of benzene rings is 1. The molecular weight excluding hydrogens is 266 g/mol. The zero-order chi connectivity index (χ0) is 15.4. The number of rotatable bonds is 5. The quantitative estimate of drug-likeness (QED) is 0.503. The summed E-state index contributed by atoms with van der Waals surface area (Å²) in [5.74, 6) is 6.16. The van der Waals surface area contributed by atoms with Crippen LogP contribution in [0.3, 0.4) is 0 Å². The second-order valence-electron chi connectivity index (χ2n) is 5.01. The van der Waals surface area contributed by atoms with Crippen molar-refractivity contribution in [3.63, 3.8) is 0 Å². The number of hydrogen-bond donors (Lipinski definition) is 2. The van der Waals surface area contributed by atoms with E-state index in [2.05, 4.69) is 42.4 Å². The minimum Gasteiger partial charge on any atom is -0.464 e. The average molecular weight is 287 g/mol. The highest BCUT2D eigenvalue weighted by Gasteiger charge is 2.16. The Bertz CT molecular complexity index is 634. The number of hydrogen-bond acceptors (Lipinski definition) is 4. The van der Waals surface area contributed by atoms with Crippen LogP contribution < -0.4 is 16.2 Å². The van der Waals surface area contributed by atoms with Gasteiger partial charge in [-0.15, -0.1) is 0 Å². The fourth-order valence-electron chi connectivity index (χ4n) is 2.32. The number of nitrogens with two attached hydrogens (primary N) is 1. The molecule has 112 valence electrons. The van der Waals surface area contributed by atoms with Gasteiger partial charge in [-0.05, 0) is 44.5 Å². The van der Waals surface area contributed by atoms with Gasteiger partial charge < -0.3 is 9.32 Å². The summed E-state index contributed by atoms with van der Waals surface area (Å²) in [6, 6.07) is 10.1. The summed E-state index contributed by atoms with van der Waals surface area (Å²) in [5.41, 5.74) is 4.96. The van der Waals surface area contributed by atoms with Crippen LogP contribution in [0.5, 0.6) is 0 Å². The van der Waals surface area contributed by atoms with E-state index in [1.165, 1.54) is 5.56 Å². The third-order valence-electron chi connectivity index (χ3n) is 3.44. The lowest BCUT2D eigenvalue weighted by Gasteiger charge is -2.22. The average Bonchev–Trinajstić information content (AvgIpc) is 2.84. The van der Waals surface area contributed by atoms with Crippen LogP contribution in [-0.2, 0) is 6.54 Å². The molecule has 0 aliphatic carbocycles. The van der Waals surface area contributed by atoms with Gasteiger partial charge >= 0.3 is 0 Å². The summed E-state index contributed by atoms with van der Waals surface area (Å²) in [6.07, 6.45) is 0. The van der Waals surface area contributed by atoms with Crippen LogP contribution in [0.1, 0.15) is 34.4 Å².